The van der Waals surface area contributed by atoms with E-state index in [2.05, 4.69) is 33.0 Å². The zero-order valence-corrected chi connectivity index (χ0v) is 23.1. The maximum absolute atomic E-state index is 13.4. The quantitative estimate of drug-likeness (QED) is 0.229. The lowest BCUT2D eigenvalue weighted by Crippen LogP contribution is -2.47. The van der Waals surface area contributed by atoms with E-state index in [1.165, 1.54) is 18.9 Å². The average Bonchev–Trinajstić information content (AvgIpc) is 3.64. The number of alkyl halides is 1. The first-order chi connectivity index (χ1) is 18.9. The first-order valence-electron chi connectivity index (χ1n) is 13.6. The molecule has 12 heteroatoms. The normalized spacial score (nSPS) is 17.2. The number of aliphatic carboxylic acids is 1. The Hall–Kier alpha value is -2.76. The molecule has 2 aromatic heterocycles. The number of carboxylic acids is 1. The van der Waals surface area contributed by atoms with E-state index in [1.54, 1.807) is 0 Å². The van der Waals surface area contributed by atoms with Gasteiger partial charge in [0.15, 0.2) is 0 Å². The number of aryl methyl sites for hydroxylation is 2. The Balaban J connectivity index is 1.30. The molecule has 1 aliphatic heterocycles. The molecule has 1 aliphatic carbocycles. The second-order valence-corrected chi connectivity index (χ2v) is 10.8. The zero-order chi connectivity index (χ0) is 27.8. The molecule has 0 radical (unpaired) electrons. The Bertz CT molecular complexity index is 1120. The van der Waals surface area contributed by atoms with Crippen molar-refractivity contribution in [2.24, 2.45) is 0 Å². The lowest BCUT2D eigenvalue weighted by Gasteiger charge is -2.27. The van der Waals surface area contributed by atoms with E-state index in [1.807, 2.05) is 4.90 Å². The zero-order valence-electron chi connectivity index (χ0n) is 22.3. The Morgan fingerprint density at radius 1 is 1.31 bits per heavy atom. The number of aromatic nitrogens is 3. The summed E-state index contributed by atoms with van der Waals surface area (Å²) in [5, 5.41) is 22.7. The molecule has 2 aromatic rings. The van der Waals surface area contributed by atoms with Gasteiger partial charge in [-0.1, -0.05) is 17.7 Å². The van der Waals surface area contributed by atoms with Crippen molar-refractivity contribution in [3.8, 4) is 0 Å². The molecule has 0 bridgehead atoms. The van der Waals surface area contributed by atoms with E-state index < -0.39 is 30.2 Å². The predicted octanol–water partition coefficient (Wildman–Crippen LogP) is 3.12. The molecule has 214 valence electrons. The van der Waals surface area contributed by atoms with Crippen molar-refractivity contribution in [3.05, 3.63) is 40.3 Å². The van der Waals surface area contributed by atoms with Crippen molar-refractivity contribution >= 4 is 29.3 Å². The topological polar surface area (TPSA) is 132 Å². The molecule has 3 heterocycles. The molecule has 0 unspecified atom stereocenters. The van der Waals surface area contributed by atoms with Gasteiger partial charge in [-0.05, 0) is 69.5 Å². The van der Waals surface area contributed by atoms with Gasteiger partial charge in [0.1, 0.15) is 23.7 Å². The van der Waals surface area contributed by atoms with E-state index in [9.17, 15) is 19.1 Å². The van der Waals surface area contributed by atoms with Crippen molar-refractivity contribution in [2.75, 3.05) is 45.3 Å². The van der Waals surface area contributed by atoms with Crippen molar-refractivity contribution in [2.45, 2.75) is 68.9 Å². The van der Waals surface area contributed by atoms with Crippen LogP contribution < -0.4 is 10.6 Å². The molecule has 10 nitrogen and oxygen atoms in total. The number of unbranched alkanes of at least 4 members (excludes halogenated alkanes) is 1. The Morgan fingerprint density at radius 2 is 2.13 bits per heavy atom. The third-order valence-corrected chi connectivity index (χ3v) is 7.99. The number of rotatable bonds is 16. The summed E-state index contributed by atoms with van der Waals surface area (Å²) in [5.41, 5.74) is 2.04. The number of hydrogen-bond acceptors (Lipinski definition) is 7. The second kappa shape index (κ2) is 13.5. The summed E-state index contributed by atoms with van der Waals surface area (Å²) < 4.78 is 18.7. The predicted molar refractivity (Wildman–Crippen MR) is 146 cm³/mol. The van der Waals surface area contributed by atoms with Gasteiger partial charge in [-0.25, -0.2) is 14.2 Å². The molecular formula is C27H38ClFN6O4. The van der Waals surface area contributed by atoms with Crippen LogP contribution in [0.15, 0.2) is 18.3 Å². The van der Waals surface area contributed by atoms with Gasteiger partial charge in [-0.3, -0.25) is 9.89 Å². The molecule has 4 rings (SSSR count). The number of nitrogens with one attached hydrogen (secondary N) is 3. The largest absolute Gasteiger partial charge is 0.480 e. The van der Waals surface area contributed by atoms with Crippen molar-refractivity contribution in [1.29, 1.82) is 0 Å². The highest BCUT2D eigenvalue weighted by atomic mass is 35.5. The molecule has 2 aliphatic rings. The number of carbonyl (C=O) groups is 2. The molecule has 1 fully saturated rings. The molecule has 0 aromatic carbocycles. The molecule has 0 spiro atoms. The van der Waals surface area contributed by atoms with Crippen LogP contribution in [0.2, 0.25) is 5.15 Å². The number of ether oxygens (including phenoxy) is 1. The third-order valence-electron chi connectivity index (χ3n) is 7.71. The summed E-state index contributed by atoms with van der Waals surface area (Å²) in [6.07, 6.45) is 6.98. The van der Waals surface area contributed by atoms with Gasteiger partial charge in [-0.15, -0.1) is 0 Å². The molecule has 2 atom stereocenters. The minimum absolute atomic E-state index is 0.178. The van der Waals surface area contributed by atoms with Gasteiger partial charge in [0.05, 0.1) is 17.7 Å². The monoisotopic (exact) mass is 564 g/mol. The summed E-state index contributed by atoms with van der Waals surface area (Å²) in [6.45, 7) is 1.67. The number of amides is 1. The fourth-order valence-electron chi connectivity index (χ4n) is 5.13. The van der Waals surface area contributed by atoms with Gasteiger partial charge in [-0.2, -0.15) is 5.10 Å². The first kappa shape index (κ1) is 29.2. The van der Waals surface area contributed by atoms with Crippen LogP contribution in [0.5, 0.6) is 0 Å². The van der Waals surface area contributed by atoms with Crippen LogP contribution in [0.25, 0.3) is 0 Å². The number of hydrogen-bond donors (Lipinski definition) is 4. The summed E-state index contributed by atoms with van der Waals surface area (Å²) in [5.74, 6) is -0.496. The Morgan fingerprint density at radius 3 is 2.79 bits per heavy atom. The number of carbonyl (C=O) groups excluding carboxylic acids is 1. The number of fused-ring (bicyclic) bond motifs is 1. The van der Waals surface area contributed by atoms with Gasteiger partial charge < -0.3 is 25.4 Å². The van der Waals surface area contributed by atoms with Crippen LogP contribution in [-0.2, 0) is 32.6 Å². The maximum atomic E-state index is 13.4. The number of pyridine rings is 1. The molecular weight excluding hydrogens is 527 g/mol. The number of halogens is 2. The van der Waals surface area contributed by atoms with Gasteiger partial charge >= 0.3 is 5.97 Å². The number of aromatic amines is 1. The van der Waals surface area contributed by atoms with Crippen LogP contribution in [-0.4, -0.2) is 89.2 Å². The van der Waals surface area contributed by atoms with Crippen LogP contribution >= 0.6 is 11.6 Å². The minimum Gasteiger partial charge on any atom is -0.480 e. The Labute approximate surface area is 233 Å². The number of nitrogens with zero attached hydrogens (tertiary/aromatic N) is 3. The number of methoxy groups -OCH3 is 1. The lowest BCUT2D eigenvalue weighted by atomic mass is 9.97. The standard InChI is InChI=1S/C27H38ClFN6O4/c1-39-20(15-29)17-35(13-3-2-6-19-8-7-18-5-4-12-30-24(18)32-19)14-9-22(25(36)37)33-26(38)27(10-11-27)21-16-31-34-23(21)28/h7-8,16,20,22H,2-6,9-15,17H2,1H3,(H,30,32)(H,31,34)(H,33,38)(H,36,37)/t20-,22+/m1/s1. The van der Waals surface area contributed by atoms with Gasteiger partial charge in [0, 0.05) is 38.0 Å². The summed E-state index contributed by atoms with van der Waals surface area (Å²) >= 11 is 6.15. The third kappa shape index (κ3) is 7.46. The summed E-state index contributed by atoms with van der Waals surface area (Å²) in [6, 6.07) is 3.14. The van der Waals surface area contributed by atoms with E-state index in [4.69, 9.17) is 21.3 Å². The summed E-state index contributed by atoms with van der Waals surface area (Å²) in [4.78, 5) is 31.9. The van der Waals surface area contributed by atoms with E-state index >= 15 is 0 Å². The fraction of sp³-hybridized carbons (Fsp3) is 0.630. The molecule has 0 saturated heterocycles. The fourth-order valence-corrected chi connectivity index (χ4v) is 5.41. The molecule has 39 heavy (non-hydrogen) atoms. The van der Waals surface area contributed by atoms with Crippen LogP contribution in [0, 0.1) is 0 Å². The minimum atomic E-state index is -1.11. The highest BCUT2D eigenvalue weighted by molar-refractivity contribution is 6.30. The first-order valence-corrected chi connectivity index (χ1v) is 14.0. The van der Waals surface area contributed by atoms with Crippen molar-refractivity contribution < 1.29 is 23.8 Å². The number of H-pyrrole nitrogens is 1. The maximum Gasteiger partial charge on any atom is 0.326 e. The highest BCUT2D eigenvalue weighted by Crippen LogP contribution is 2.50. The van der Waals surface area contributed by atoms with E-state index in [0.717, 1.165) is 50.2 Å². The highest BCUT2D eigenvalue weighted by Gasteiger charge is 2.53. The second-order valence-electron chi connectivity index (χ2n) is 10.4. The van der Waals surface area contributed by atoms with E-state index in [0.29, 0.717) is 43.2 Å². The number of carboxylic acid groups (broad SMARTS) is 1. The smallest absolute Gasteiger partial charge is 0.326 e. The number of anilines is 1. The van der Waals surface area contributed by atoms with Crippen molar-refractivity contribution in [1.82, 2.24) is 25.4 Å². The average molecular weight is 565 g/mol. The lowest BCUT2D eigenvalue weighted by molar-refractivity contribution is -0.142. The van der Waals surface area contributed by atoms with Gasteiger partial charge in [0.2, 0.25) is 5.91 Å². The molecule has 1 amide bonds. The Kier molecular flexibility index (Phi) is 10.1. The van der Waals surface area contributed by atoms with Crippen molar-refractivity contribution in [3.63, 3.8) is 0 Å². The van der Waals surface area contributed by atoms with Gasteiger partial charge in [0.25, 0.3) is 0 Å². The SMILES string of the molecule is CO[C@H](CF)CN(CCCCc1ccc2c(n1)NCCC2)CC[C@H](NC(=O)C1(c2cn[nH]c2Cl)CC1)C(=O)O. The van der Waals surface area contributed by atoms with E-state index in [-0.39, 0.29) is 12.3 Å². The molecule has 4 N–H and O–H groups in total. The van der Waals surface area contributed by atoms with Crippen LogP contribution in [0.1, 0.15) is 55.3 Å². The summed E-state index contributed by atoms with van der Waals surface area (Å²) in [7, 11) is 1.47. The van der Waals surface area contributed by atoms with Crippen LogP contribution in [0.4, 0.5) is 10.2 Å². The molecule has 1 saturated carbocycles. The van der Waals surface area contributed by atoms with Crippen LogP contribution in [0.3, 0.4) is 0 Å².